The van der Waals surface area contributed by atoms with Gasteiger partial charge in [0, 0.05) is 0 Å². The highest BCUT2D eigenvalue weighted by atomic mass is 28.4. The van der Waals surface area contributed by atoms with E-state index in [1.807, 2.05) is 0 Å². The lowest BCUT2D eigenvalue weighted by molar-refractivity contribution is -0.106. The highest BCUT2D eigenvalue weighted by molar-refractivity contribution is 6.74. The second-order valence-electron chi connectivity index (χ2n) is 15.2. The van der Waals surface area contributed by atoms with Crippen LogP contribution in [0.5, 0.6) is 0 Å². The number of ether oxygens (including phenoxy) is 1. The van der Waals surface area contributed by atoms with Crippen LogP contribution in [0.4, 0.5) is 0 Å². The average Bonchev–Trinajstić information content (AvgIpc) is 3.34. The maximum atomic E-state index is 7.33. The van der Waals surface area contributed by atoms with E-state index in [2.05, 4.69) is 54.6 Å². The van der Waals surface area contributed by atoms with Gasteiger partial charge in [-0.3, -0.25) is 0 Å². The van der Waals surface area contributed by atoms with Crippen molar-refractivity contribution in [2.24, 2.45) is 40.9 Å². The first-order valence-electron chi connectivity index (χ1n) is 14.7. The molecule has 190 valence electrons. The maximum absolute atomic E-state index is 7.33. The Morgan fingerprint density at radius 1 is 0.909 bits per heavy atom. The maximum Gasteiger partial charge on any atom is 0.192 e. The Labute approximate surface area is 206 Å². The van der Waals surface area contributed by atoms with E-state index in [0.29, 0.717) is 10.5 Å². The third kappa shape index (κ3) is 4.03. The van der Waals surface area contributed by atoms with Crippen molar-refractivity contribution in [3.8, 4) is 0 Å². The minimum atomic E-state index is -1.75. The Bertz CT molecular complexity index is 736. The van der Waals surface area contributed by atoms with Gasteiger partial charge in [0.15, 0.2) is 8.32 Å². The Kier molecular flexibility index (Phi) is 6.07. The minimum Gasteiger partial charge on any atom is -0.411 e. The van der Waals surface area contributed by atoms with Crippen LogP contribution < -0.4 is 0 Å². The van der Waals surface area contributed by atoms with Gasteiger partial charge in [0.1, 0.15) is 0 Å². The van der Waals surface area contributed by atoms with Gasteiger partial charge in [-0.05, 0) is 130 Å². The van der Waals surface area contributed by atoms with E-state index < -0.39 is 8.32 Å². The molecule has 5 rings (SSSR count). The van der Waals surface area contributed by atoms with E-state index in [1.54, 1.807) is 0 Å². The molecule has 1 unspecified atom stereocenters. The summed E-state index contributed by atoms with van der Waals surface area (Å²) >= 11 is 0. The van der Waals surface area contributed by atoms with E-state index in [1.165, 1.54) is 70.6 Å². The largest absolute Gasteiger partial charge is 0.411 e. The molecule has 9 atom stereocenters. The summed E-state index contributed by atoms with van der Waals surface area (Å²) in [6, 6.07) is 0. The quantitative estimate of drug-likeness (QED) is 0.294. The summed E-state index contributed by atoms with van der Waals surface area (Å²) in [4.78, 5) is 0. The molecule has 0 aromatic carbocycles. The van der Waals surface area contributed by atoms with Crippen LogP contribution in [0.1, 0.15) is 112 Å². The standard InChI is InChI=1S/C30H54O2Si/c1-9-16-30(32-33(7,8)27(2,3)4)18-15-22-21(19-30)10-11-24-23(22)14-17-28(5)25(24)12-13-26(28)29(6)20-31-29/h21-26H,9-20H2,1-8H3/t21-,22+,23-,24-,25+,26+,28+,29?,30-/m1/s1. The van der Waals surface area contributed by atoms with Crippen molar-refractivity contribution in [2.75, 3.05) is 6.61 Å². The van der Waals surface area contributed by atoms with Gasteiger partial charge in [0.2, 0.25) is 0 Å². The van der Waals surface area contributed by atoms with Gasteiger partial charge in [-0.2, -0.15) is 0 Å². The first-order chi connectivity index (χ1) is 15.3. The number of hydrogen-bond donors (Lipinski definition) is 0. The summed E-state index contributed by atoms with van der Waals surface area (Å²) in [6.07, 6.45) is 15.5. The number of fused-ring (bicyclic) bond motifs is 5. The second kappa shape index (κ2) is 8.07. The highest BCUT2D eigenvalue weighted by Gasteiger charge is 2.64. The molecule has 5 fully saturated rings. The molecule has 0 amide bonds. The van der Waals surface area contributed by atoms with Crippen molar-refractivity contribution in [3.63, 3.8) is 0 Å². The van der Waals surface area contributed by atoms with Crippen LogP contribution in [0.3, 0.4) is 0 Å². The molecular weight excluding hydrogens is 420 g/mol. The Morgan fingerprint density at radius 3 is 2.24 bits per heavy atom. The van der Waals surface area contributed by atoms with Crippen LogP contribution in [0, 0.1) is 40.9 Å². The zero-order chi connectivity index (χ0) is 23.9. The van der Waals surface area contributed by atoms with Crippen LogP contribution in [-0.2, 0) is 9.16 Å². The summed E-state index contributed by atoms with van der Waals surface area (Å²) in [5, 5.41) is 0.303. The molecule has 4 saturated carbocycles. The predicted octanol–water partition coefficient (Wildman–Crippen LogP) is 8.60. The van der Waals surface area contributed by atoms with Crippen molar-refractivity contribution < 1.29 is 9.16 Å². The van der Waals surface area contributed by atoms with E-state index in [4.69, 9.17) is 9.16 Å². The van der Waals surface area contributed by atoms with Crippen molar-refractivity contribution in [1.29, 1.82) is 0 Å². The molecule has 0 N–H and O–H groups in total. The Hall–Kier alpha value is 0.137. The van der Waals surface area contributed by atoms with Crippen LogP contribution in [0.25, 0.3) is 0 Å². The zero-order valence-corrected chi connectivity index (χ0v) is 24.3. The second-order valence-corrected chi connectivity index (χ2v) is 20.0. The molecule has 1 heterocycles. The average molecular weight is 475 g/mol. The molecule has 0 radical (unpaired) electrons. The highest BCUT2D eigenvalue weighted by Crippen LogP contribution is 2.68. The third-order valence-electron chi connectivity index (χ3n) is 12.4. The molecule has 0 aromatic heterocycles. The van der Waals surface area contributed by atoms with Crippen LogP contribution in [0.15, 0.2) is 0 Å². The molecule has 0 bridgehead atoms. The molecule has 5 aliphatic rings. The Balaban J connectivity index is 1.31. The smallest absolute Gasteiger partial charge is 0.192 e. The molecule has 2 nitrogen and oxygen atoms in total. The van der Waals surface area contributed by atoms with Gasteiger partial charge in [-0.1, -0.05) is 41.0 Å². The van der Waals surface area contributed by atoms with E-state index in [9.17, 15) is 0 Å². The van der Waals surface area contributed by atoms with Gasteiger partial charge in [-0.15, -0.1) is 0 Å². The molecule has 4 aliphatic carbocycles. The topological polar surface area (TPSA) is 21.8 Å². The molecule has 3 heteroatoms. The molecule has 1 aliphatic heterocycles. The first kappa shape index (κ1) is 24.8. The summed E-state index contributed by atoms with van der Waals surface area (Å²) in [6.45, 7) is 20.7. The van der Waals surface area contributed by atoms with Crippen LogP contribution in [-0.4, -0.2) is 26.1 Å². The lowest BCUT2D eigenvalue weighted by atomic mass is 9.48. The summed E-state index contributed by atoms with van der Waals surface area (Å²) < 4.78 is 13.3. The fraction of sp³-hybridized carbons (Fsp3) is 1.00. The Morgan fingerprint density at radius 2 is 1.61 bits per heavy atom. The number of epoxide rings is 1. The molecule has 0 aromatic rings. The number of hydrogen-bond acceptors (Lipinski definition) is 2. The van der Waals surface area contributed by atoms with E-state index >= 15 is 0 Å². The summed E-state index contributed by atoms with van der Waals surface area (Å²) in [5.41, 5.74) is 0.940. The summed E-state index contributed by atoms with van der Waals surface area (Å²) in [5.74, 6) is 5.68. The van der Waals surface area contributed by atoms with Gasteiger partial charge < -0.3 is 9.16 Å². The molecular formula is C30H54O2Si. The van der Waals surface area contributed by atoms with Crippen molar-refractivity contribution in [2.45, 2.75) is 142 Å². The van der Waals surface area contributed by atoms with Crippen LogP contribution >= 0.6 is 0 Å². The van der Waals surface area contributed by atoms with Crippen molar-refractivity contribution in [1.82, 2.24) is 0 Å². The van der Waals surface area contributed by atoms with Crippen molar-refractivity contribution >= 4 is 8.32 Å². The molecule has 0 spiro atoms. The lowest BCUT2D eigenvalue weighted by Crippen LogP contribution is -2.55. The molecule has 1 saturated heterocycles. The number of rotatable bonds is 5. The van der Waals surface area contributed by atoms with Gasteiger partial charge in [0.25, 0.3) is 0 Å². The predicted molar refractivity (Wildman–Crippen MR) is 141 cm³/mol. The van der Waals surface area contributed by atoms with E-state index in [-0.39, 0.29) is 11.2 Å². The normalized spacial score (nSPS) is 49.8. The lowest BCUT2D eigenvalue weighted by Gasteiger charge is -2.59. The monoisotopic (exact) mass is 474 g/mol. The summed E-state index contributed by atoms with van der Waals surface area (Å²) in [7, 11) is -1.75. The zero-order valence-electron chi connectivity index (χ0n) is 23.3. The SMILES string of the molecule is CCC[C@@]1(O[Si](C)(C)C(C)(C)C)CC[C@H]2[C@H](CC[C@@H]3[C@@H]2CC[C@]2(C)[C@@H](C4(C)CO4)CC[C@@H]32)C1. The fourth-order valence-corrected chi connectivity index (χ4v) is 11.5. The minimum absolute atomic E-state index is 0.172. The molecule has 33 heavy (non-hydrogen) atoms. The van der Waals surface area contributed by atoms with Crippen LogP contribution in [0.2, 0.25) is 18.1 Å². The first-order valence-corrected chi connectivity index (χ1v) is 17.6. The third-order valence-corrected chi connectivity index (χ3v) is 17.0. The van der Waals surface area contributed by atoms with E-state index in [0.717, 1.165) is 42.1 Å². The van der Waals surface area contributed by atoms with Gasteiger partial charge >= 0.3 is 0 Å². The van der Waals surface area contributed by atoms with Gasteiger partial charge in [0.05, 0.1) is 17.8 Å². The van der Waals surface area contributed by atoms with Crippen molar-refractivity contribution in [3.05, 3.63) is 0 Å². The van der Waals surface area contributed by atoms with Gasteiger partial charge in [-0.25, -0.2) is 0 Å². The fourth-order valence-electron chi connectivity index (χ4n) is 9.79.